The number of nitrogens with zero attached hydrogens (tertiary/aromatic N) is 2. The molecule has 23 heavy (non-hydrogen) atoms. The van der Waals surface area contributed by atoms with Crippen LogP contribution in [0.25, 0.3) is 0 Å². The van der Waals surface area contributed by atoms with Crippen LogP contribution in [0.15, 0.2) is 24.3 Å². The molecule has 5 heteroatoms. The van der Waals surface area contributed by atoms with Gasteiger partial charge in [0, 0.05) is 37.4 Å². The lowest BCUT2D eigenvalue weighted by atomic mass is 10.1. The third-order valence-electron chi connectivity index (χ3n) is 4.79. The SMILES string of the molecule is COC(=O)C1CC(=O)N(c2ccc(N3CCCCCC3)cc2)C1. The molecule has 1 atom stereocenters. The van der Waals surface area contributed by atoms with Gasteiger partial charge < -0.3 is 14.5 Å². The summed E-state index contributed by atoms with van der Waals surface area (Å²) in [6.07, 6.45) is 5.35. The van der Waals surface area contributed by atoms with E-state index in [1.54, 1.807) is 4.90 Å². The average Bonchev–Trinajstić information content (AvgIpc) is 2.79. The molecular weight excluding hydrogens is 292 g/mol. The third-order valence-corrected chi connectivity index (χ3v) is 4.79. The number of rotatable bonds is 3. The predicted molar refractivity (Wildman–Crippen MR) is 89.6 cm³/mol. The Morgan fingerprint density at radius 3 is 2.26 bits per heavy atom. The first-order valence-electron chi connectivity index (χ1n) is 8.42. The zero-order chi connectivity index (χ0) is 16.2. The minimum atomic E-state index is -0.349. The molecule has 0 aromatic heterocycles. The Labute approximate surface area is 137 Å². The molecule has 1 unspecified atom stereocenters. The Morgan fingerprint density at radius 1 is 1.04 bits per heavy atom. The molecule has 2 fully saturated rings. The van der Waals surface area contributed by atoms with E-state index in [9.17, 15) is 9.59 Å². The van der Waals surface area contributed by atoms with Gasteiger partial charge in [0.15, 0.2) is 0 Å². The van der Waals surface area contributed by atoms with Crippen molar-refractivity contribution in [3.8, 4) is 0 Å². The summed E-state index contributed by atoms with van der Waals surface area (Å²) >= 11 is 0. The smallest absolute Gasteiger partial charge is 0.311 e. The van der Waals surface area contributed by atoms with Gasteiger partial charge in [-0.2, -0.15) is 0 Å². The van der Waals surface area contributed by atoms with Gasteiger partial charge in [0.2, 0.25) is 5.91 Å². The van der Waals surface area contributed by atoms with Crippen LogP contribution < -0.4 is 9.80 Å². The Kier molecular flexibility index (Phi) is 4.84. The van der Waals surface area contributed by atoms with Gasteiger partial charge in [0.1, 0.15) is 0 Å². The first-order valence-corrected chi connectivity index (χ1v) is 8.42. The average molecular weight is 316 g/mol. The monoisotopic (exact) mass is 316 g/mol. The maximum Gasteiger partial charge on any atom is 0.311 e. The Balaban J connectivity index is 1.69. The predicted octanol–water partition coefficient (Wildman–Crippen LogP) is 2.59. The highest BCUT2D eigenvalue weighted by Gasteiger charge is 2.35. The number of esters is 1. The fraction of sp³-hybridized carbons (Fsp3) is 0.556. The van der Waals surface area contributed by atoms with Gasteiger partial charge in [-0.15, -0.1) is 0 Å². The summed E-state index contributed by atoms with van der Waals surface area (Å²) in [6, 6.07) is 8.13. The van der Waals surface area contributed by atoms with Crippen molar-refractivity contribution in [3.05, 3.63) is 24.3 Å². The van der Waals surface area contributed by atoms with E-state index in [4.69, 9.17) is 4.74 Å². The molecule has 5 nitrogen and oxygen atoms in total. The van der Waals surface area contributed by atoms with Crippen molar-refractivity contribution in [1.29, 1.82) is 0 Å². The topological polar surface area (TPSA) is 49.9 Å². The largest absolute Gasteiger partial charge is 0.469 e. The van der Waals surface area contributed by atoms with Crippen LogP contribution >= 0.6 is 0 Å². The van der Waals surface area contributed by atoms with Crippen molar-refractivity contribution in [2.45, 2.75) is 32.1 Å². The number of ether oxygens (including phenoxy) is 1. The van der Waals surface area contributed by atoms with Crippen LogP contribution in [0.3, 0.4) is 0 Å². The summed E-state index contributed by atoms with van der Waals surface area (Å²) in [5, 5.41) is 0. The van der Waals surface area contributed by atoms with Crippen LogP contribution in [-0.4, -0.2) is 38.6 Å². The molecule has 2 aliphatic heterocycles. The molecule has 2 aliphatic rings. The summed E-state index contributed by atoms with van der Waals surface area (Å²) in [6.45, 7) is 2.62. The molecule has 2 saturated heterocycles. The zero-order valence-corrected chi connectivity index (χ0v) is 13.7. The van der Waals surface area contributed by atoms with Gasteiger partial charge in [-0.05, 0) is 37.1 Å². The highest BCUT2D eigenvalue weighted by molar-refractivity contribution is 5.99. The van der Waals surface area contributed by atoms with Crippen molar-refractivity contribution in [2.75, 3.05) is 36.5 Å². The quantitative estimate of drug-likeness (QED) is 0.804. The molecule has 0 N–H and O–H groups in total. The number of anilines is 2. The van der Waals surface area contributed by atoms with Crippen molar-refractivity contribution in [1.82, 2.24) is 0 Å². The van der Waals surface area contributed by atoms with Crippen molar-refractivity contribution < 1.29 is 14.3 Å². The van der Waals surface area contributed by atoms with Gasteiger partial charge in [0.05, 0.1) is 13.0 Å². The molecular formula is C18H24N2O3. The lowest BCUT2D eigenvalue weighted by Crippen LogP contribution is -2.26. The number of methoxy groups -OCH3 is 1. The standard InChI is InChI=1S/C18H24N2O3/c1-23-18(22)14-12-17(21)20(13-14)16-8-6-15(7-9-16)19-10-4-2-3-5-11-19/h6-9,14H,2-5,10-13H2,1H3. The van der Waals surface area contributed by atoms with E-state index in [1.165, 1.54) is 38.5 Å². The first-order chi connectivity index (χ1) is 11.2. The minimum absolute atomic E-state index is 0.0112. The number of benzene rings is 1. The Morgan fingerprint density at radius 2 is 1.65 bits per heavy atom. The molecule has 124 valence electrons. The third kappa shape index (κ3) is 3.49. The van der Waals surface area contributed by atoms with Crippen LogP contribution in [0.5, 0.6) is 0 Å². The molecule has 0 aliphatic carbocycles. The molecule has 0 radical (unpaired) electrons. The van der Waals surface area contributed by atoms with Crippen molar-refractivity contribution in [3.63, 3.8) is 0 Å². The van der Waals surface area contributed by atoms with Gasteiger partial charge >= 0.3 is 5.97 Å². The van der Waals surface area contributed by atoms with Crippen LogP contribution in [0, 0.1) is 5.92 Å². The van der Waals surface area contributed by atoms with E-state index in [0.717, 1.165) is 18.8 Å². The summed E-state index contributed by atoms with van der Waals surface area (Å²) < 4.78 is 4.75. The van der Waals surface area contributed by atoms with E-state index in [2.05, 4.69) is 17.0 Å². The van der Waals surface area contributed by atoms with Gasteiger partial charge in [-0.1, -0.05) is 12.8 Å². The van der Waals surface area contributed by atoms with Crippen LogP contribution in [0.2, 0.25) is 0 Å². The molecule has 0 saturated carbocycles. The van der Waals surface area contributed by atoms with Crippen LogP contribution in [0.1, 0.15) is 32.1 Å². The van der Waals surface area contributed by atoms with Crippen LogP contribution in [0.4, 0.5) is 11.4 Å². The van der Waals surface area contributed by atoms with E-state index < -0.39 is 0 Å². The highest BCUT2D eigenvalue weighted by atomic mass is 16.5. The Hall–Kier alpha value is -2.04. The van der Waals surface area contributed by atoms with Crippen LogP contribution in [-0.2, 0) is 14.3 Å². The van der Waals surface area contributed by atoms with E-state index >= 15 is 0 Å². The molecule has 2 heterocycles. The normalized spacial score (nSPS) is 22.1. The van der Waals surface area contributed by atoms with Gasteiger partial charge in [-0.25, -0.2) is 0 Å². The number of carbonyl (C=O) groups is 2. The summed E-state index contributed by atoms with van der Waals surface area (Å²) in [5.41, 5.74) is 2.08. The van der Waals surface area contributed by atoms with E-state index in [0.29, 0.717) is 6.54 Å². The Bertz CT molecular complexity index is 562. The number of hydrogen-bond donors (Lipinski definition) is 0. The maximum atomic E-state index is 12.1. The van der Waals surface area contributed by atoms with Gasteiger partial charge in [-0.3, -0.25) is 9.59 Å². The lowest BCUT2D eigenvalue weighted by Gasteiger charge is -2.24. The maximum absolute atomic E-state index is 12.1. The highest BCUT2D eigenvalue weighted by Crippen LogP contribution is 2.28. The molecule has 1 aromatic rings. The molecule has 3 rings (SSSR count). The second-order valence-corrected chi connectivity index (χ2v) is 6.35. The van der Waals surface area contributed by atoms with Gasteiger partial charge in [0.25, 0.3) is 0 Å². The summed E-state index contributed by atoms with van der Waals surface area (Å²) in [7, 11) is 1.37. The number of hydrogen-bond acceptors (Lipinski definition) is 4. The number of amides is 1. The zero-order valence-electron chi connectivity index (χ0n) is 13.7. The second-order valence-electron chi connectivity index (χ2n) is 6.35. The first kappa shape index (κ1) is 15.8. The number of carbonyl (C=O) groups excluding carboxylic acids is 2. The van der Waals surface area contributed by atoms with Crippen molar-refractivity contribution in [2.24, 2.45) is 5.92 Å². The fourth-order valence-corrected chi connectivity index (χ4v) is 3.45. The summed E-state index contributed by atoms with van der Waals surface area (Å²) in [5.74, 6) is -0.664. The van der Waals surface area contributed by atoms with Crippen molar-refractivity contribution >= 4 is 23.3 Å². The lowest BCUT2D eigenvalue weighted by molar-refractivity contribution is -0.145. The second kappa shape index (κ2) is 7.02. The molecule has 1 aromatic carbocycles. The molecule has 0 bridgehead atoms. The van der Waals surface area contributed by atoms with E-state index in [-0.39, 0.29) is 24.2 Å². The fourth-order valence-electron chi connectivity index (χ4n) is 3.45. The van der Waals surface area contributed by atoms with E-state index in [1.807, 2.05) is 12.1 Å². The molecule has 1 amide bonds. The minimum Gasteiger partial charge on any atom is -0.469 e. The summed E-state index contributed by atoms with van der Waals surface area (Å²) in [4.78, 5) is 27.9. The molecule has 0 spiro atoms.